The summed E-state index contributed by atoms with van der Waals surface area (Å²) in [7, 11) is 0. The van der Waals surface area contributed by atoms with E-state index in [4.69, 9.17) is 18.9 Å². The minimum Gasteiger partial charge on any atom is -0.463 e. The van der Waals surface area contributed by atoms with Crippen LogP contribution in [0, 0.1) is 0 Å². The van der Waals surface area contributed by atoms with Gasteiger partial charge in [-0.15, -0.1) is 0 Å². The summed E-state index contributed by atoms with van der Waals surface area (Å²) in [5.74, 6) is -1.18. The van der Waals surface area contributed by atoms with E-state index in [0.717, 1.165) is 5.56 Å². The lowest BCUT2D eigenvalue weighted by atomic mass is 9.99. The van der Waals surface area contributed by atoms with Gasteiger partial charge in [0.25, 0.3) is 0 Å². The van der Waals surface area contributed by atoms with E-state index in [2.05, 4.69) is 0 Å². The lowest BCUT2D eigenvalue weighted by Crippen LogP contribution is -2.60. The third-order valence-electron chi connectivity index (χ3n) is 3.91. The van der Waals surface area contributed by atoms with E-state index in [1.807, 2.05) is 30.3 Å². The van der Waals surface area contributed by atoms with Crippen molar-refractivity contribution in [3.8, 4) is 0 Å². The van der Waals surface area contributed by atoms with Gasteiger partial charge in [-0.2, -0.15) is 0 Å². The second-order valence-corrected chi connectivity index (χ2v) is 6.01. The van der Waals surface area contributed by atoms with Crippen LogP contribution >= 0.6 is 0 Å². The van der Waals surface area contributed by atoms with Crippen LogP contribution in [-0.4, -0.2) is 66.1 Å². The standard InChI is InChI=1S/C18H24O8/c1-11(19)24-10-14-15(21)16(22)17(25-12(2)20)18(26-14)23-9-8-13-6-4-3-5-7-13/h3-7,14-18,21-22H,8-10H2,1-2H3. The van der Waals surface area contributed by atoms with Crippen LogP contribution in [0.2, 0.25) is 0 Å². The van der Waals surface area contributed by atoms with Crippen molar-refractivity contribution in [1.82, 2.24) is 0 Å². The molecule has 1 aliphatic heterocycles. The quantitative estimate of drug-likeness (QED) is 0.656. The number of hydrogen-bond acceptors (Lipinski definition) is 8. The fourth-order valence-electron chi connectivity index (χ4n) is 2.63. The minimum absolute atomic E-state index is 0.246. The van der Waals surface area contributed by atoms with Crippen LogP contribution in [0.4, 0.5) is 0 Å². The Kier molecular flexibility index (Phi) is 7.52. The van der Waals surface area contributed by atoms with E-state index in [9.17, 15) is 19.8 Å². The Morgan fingerprint density at radius 2 is 1.77 bits per heavy atom. The maximum Gasteiger partial charge on any atom is 0.303 e. The van der Waals surface area contributed by atoms with Crippen molar-refractivity contribution < 1.29 is 38.7 Å². The molecule has 0 amide bonds. The van der Waals surface area contributed by atoms with Crippen molar-refractivity contribution in [1.29, 1.82) is 0 Å². The molecule has 8 nitrogen and oxygen atoms in total. The molecule has 1 saturated heterocycles. The maximum atomic E-state index is 11.3. The summed E-state index contributed by atoms with van der Waals surface area (Å²) >= 11 is 0. The summed E-state index contributed by atoms with van der Waals surface area (Å²) in [5.41, 5.74) is 1.05. The Morgan fingerprint density at radius 1 is 1.08 bits per heavy atom. The number of carbonyl (C=O) groups is 2. The first-order chi connectivity index (χ1) is 12.4. The molecule has 8 heteroatoms. The molecule has 1 aromatic carbocycles. The summed E-state index contributed by atoms with van der Waals surface area (Å²) in [5, 5.41) is 20.4. The summed E-state index contributed by atoms with van der Waals surface area (Å²) in [6.45, 7) is 2.40. The van der Waals surface area contributed by atoms with E-state index in [-0.39, 0.29) is 13.2 Å². The highest BCUT2D eigenvalue weighted by Gasteiger charge is 2.47. The van der Waals surface area contributed by atoms with Crippen LogP contribution in [0.25, 0.3) is 0 Å². The number of esters is 2. The lowest BCUT2D eigenvalue weighted by molar-refractivity contribution is -0.304. The number of aliphatic hydroxyl groups is 2. The van der Waals surface area contributed by atoms with Crippen LogP contribution in [0.1, 0.15) is 19.4 Å². The molecule has 0 spiro atoms. The number of ether oxygens (including phenoxy) is 4. The molecule has 0 aliphatic carbocycles. The number of rotatable bonds is 7. The van der Waals surface area contributed by atoms with Gasteiger partial charge in [0.1, 0.15) is 24.9 Å². The molecule has 144 valence electrons. The molecule has 0 saturated carbocycles. The van der Waals surface area contributed by atoms with Gasteiger partial charge >= 0.3 is 11.9 Å². The molecule has 0 bridgehead atoms. The predicted octanol–water partition coefficient (Wildman–Crippen LogP) is 0.187. The second-order valence-electron chi connectivity index (χ2n) is 6.01. The van der Waals surface area contributed by atoms with Crippen LogP contribution in [0.5, 0.6) is 0 Å². The predicted molar refractivity (Wildman–Crippen MR) is 89.0 cm³/mol. The molecule has 0 aromatic heterocycles. The van der Waals surface area contributed by atoms with E-state index >= 15 is 0 Å². The van der Waals surface area contributed by atoms with Gasteiger partial charge in [-0.05, 0) is 12.0 Å². The average molecular weight is 368 g/mol. The van der Waals surface area contributed by atoms with Gasteiger partial charge in [-0.3, -0.25) is 9.59 Å². The molecule has 1 fully saturated rings. The number of hydrogen-bond donors (Lipinski definition) is 2. The summed E-state index contributed by atoms with van der Waals surface area (Å²) in [6, 6.07) is 9.60. The number of carbonyl (C=O) groups excluding carboxylic acids is 2. The van der Waals surface area contributed by atoms with E-state index in [0.29, 0.717) is 6.42 Å². The topological polar surface area (TPSA) is 112 Å². The monoisotopic (exact) mass is 368 g/mol. The summed E-state index contributed by atoms with van der Waals surface area (Å²) in [6.07, 6.45) is -5.53. The Labute approximate surface area is 151 Å². The Bertz CT molecular complexity index is 588. The average Bonchev–Trinajstić information content (AvgIpc) is 2.60. The molecule has 2 rings (SSSR count). The Hall–Kier alpha value is -2.00. The van der Waals surface area contributed by atoms with Gasteiger partial charge in [-0.1, -0.05) is 30.3 Å². The summed E-state index contributed by atoms with van der Waals surface area (Å²) in [4.78, 5) is 22.3. The molecule has 5 atom stereocenters. The zero-order valence-corrected chi connectivity index (χ0v) is 14.7. The third kappa shape index (κ3) is 5.77. The van der Waals surface area contributed by atoms with Crippen LogP contribution in [-0.2, 0) is 35.0 Å². The van der Waals surface area contributed by atoms with Crippen LogP contribution < -0.4 is 0 Å². The minimum atomic E-state index is -1.44. The Morgan fingerprint density at radius 3 is 2.38 bits per heavy atom. The van der Waals surface area contributed by atoms with E-state index in [1.165, 1.54) is 13.8 Å². The Balaban J connectivity index is 2.01. The molecule has 1 heterocycles. The number of benzene rings is 1. The van der Waals surface area contributed by atoms with E-state index in [1.54, 1.807) is 0 Å². The fraction of sp³-hybridized carbons (Fsp3) is 0.556. The van der Waals surface area contributed by atoms with Crippen molar-refractivity contribution in [3.63, 3.8) is 0 Å². The highest BCUT2D eigenvalue weighted by atomic mass is 16.7. The van der Waals surface area contributed by atoms with Gasteiger partial charge in [-0.25, -0.2) is 0 Å². The van der Waals surface area contributed by atoms with Gasteiger partial charge in [0, 0.05) is 13.8 Å². The highest BCUT2D eigenvalue weighted by molar-refractivity contribution is 5.66. The molecule has 5 unspecified atom stereocenters. The first-order valence-electron chi connectivity index (χ1n) is 8.36. The van der Waals surface area contributed by atoms with Crippen LogP contribution in [0.3, 0.4) is 0 Å². The SMILES string of the molecule is CC(=O)OCC1OC(OCCc2ccccc2)C(OC(C)=O)C(O)C1O. The van der Waals surface area contributed by atoms with Crippen molar-refractivity contribution in [2.75, 3.05) is 13.2 Å². The fourth-order valence-corrected chi connectivity index (χ4v) is 2.63. The van der Waals surface area contributed by atoms with Crippen molar-refractivity contribution in [2.24, 2.45) is 0 Å². The van der Waals surface area contributed by atoms with Crippen molar-refractivity contribution in [2.45, 2.75) is 51.0 Å². The normalized spacial score (nSPS) is 28.4. The maximum absolute atomic E-state index is 11.3. The van der Waals surface area contributed by atoms with Crippen LogP contribution in [0.15, 0.2) is 30.3 Å². The number of aliphatic hydroxyl groups excluding tert-OH is 2. The molecule has 1 aliphatic rings. The molecular weight excluding hydrogens is 344 g/mol. The van der Waals surface area contributed by atoms with Crippen molar-refractivity contribution in [3.05, 3.63) is 35.9 Å². The van der Waals surface area contributed by atoms with Crippen molar-refractivity contribution >= 4 is 11.9 Å². The molecule has 0 radical (unpaired) electrons. The molecular formula is C18H24O8. The zero-order valence-electron chi connectivity index (χ0n) is 14.7. The van der Waals surface area contributed by atoms with Gasteiger partial charge in [0.05, 0.1) is 6.61 Å². The van der Waals surface area contributed by atoms with Gasteiger partial charge in [0.15, 0.2) is 12.4 Å². The molecule has 1 aromatic rings. The second kappa shape index (κ2) is 9.63. The molecule has 2 N–H and O–H groups in total. The van der Waals surface area contributed by atoms with E-state index < -0.39 is 42.6 Å². The van der Waals surface area contributed by atoms with Gasteiger partial charge in [0.2, 0.25) is 0 Å². The zero-order chi connectivity index (χ0) is 19.1. The summed E-state index contributed by atoms with van der Waals surface area (Å²) < 4.78 is 21.1. The highest BCUT2D eigenvalue weighted by Crippen LogP contribution is 2.25. The first kappa shape index (κ1) is 20.3. The third-order valence-corrected chi connectivity index (χ3v) is 3.91. The molecule has 26 heavy (non-hydrogen) atoms. The smallest absolute Gasteiger partial charge is 0.303 e. The van der Waals surface area contributed by atoms with Gasteiger partial charge < -0.3 is 29.2 Å². The lowest BCUT2D eigenvalue weighted by Gasteiger charge is -2.41. The largest absolute Gasteiger partial charge is 0.463 e. The first-order valence-corrected chi connectivity index (χ1v) is 8.36.